The first-order valence-corrected chi connectivity index (χ1v) is 9.21. The maximum Gasteiger partial charge on any atom is 0.334 e. The number of ether oxygens (including phenoxy) is 1. The standard InChI is InChI=1S/C19H17BrClF2NO3/c1-9(2)16(24-18(25)15-13(22)5-4-6-14(15)23)19(26)27-17-10(3)7-11(20)8-12(17)21/h4-9,16H,1-3H3,(H,24,25)/t16-/m1/s1. The highest BCUT2D eigenvalue weighted by Gasteiger charge is 2.29. The van der Waals surface area contributed by atoms with Gasteiger partial charge in [0, 0.05) is 4.47 Å². The van der Waals surface area contributed by atoms with Gasteiger partial charge in [0.1, 0.15) is 23.2 Å². The first-order chi connectivity index (χ1) is 12.6. The van der Waals surface area contributed by atoms with Gasteiger partial charge in [-0.05, 0) is 42.7 Å². The van der Waals surface area contributed by atoms with E-state index in [1.807, 2.05) is 0 Å². The molecule has 0 aliphatic carbocycles. The molecule has 0 radical (unpaired) electrons. The van der Waals surface area contributed by atoms with Crippen molar-refractivity contribution in [2.45, 2.75) is 26.8 Å². The first-order valence-electron chi connectivity index (χ1n) is 8.04. The Morgan fingerprint density at radius 2 is 1.78 bits per heavy atom. The molecule has 8 heteroatoms. The number of esters is 1. The highest BCUT2D eigenvalue weighted by atomic mass is 79.9. The zero-order chi connectivity index (χ0) is 20.3. The molecule has 0 saturated heterocycles. The summed E-state index contributed by atoms with van der Waals surface area (Å²) < 4.78 is 33.7. The fraction of sp³-hybridized carbons (Fsp3) is 0.263. The number of carbonyl (C=O) groups excluding carboxylic acids is 2. The SMILES string of the molecule is Cc1cc(Br)cc(Cl)c1OC(=O)[C@H](NC(=O)c1c(F)cccc1F)C(C)C. The van der Waals surface area contributed by atoms with Gasteiger partial charge in [-0.3, -0.25) is 4.79 Å². The summed E-state index contributed by atoms with van der Waals surface area (Å²) in [6.45, 7) is 5.04. The Bertz CT molecular complexity index is 846. The van der Waals surface area contributed by atoms with E-state index in [9.17, 15) is 18.4 Å². The molecule has 0 fully saturated rings. The minimum Gasteiger partial charge on any atom is -0.423 e. The number of hydrogen-bond donors (Lipinski definition) is 1. The molecular weight excluding hydrogens is 444 g/mol. The molecule has 0 spiro atoms. The van der Waals surface area contributed by atoms with E-state index in [0.29, 0.717) is 10.0 Å². The zero-order valence-corrected chi connectivity index (χ0v) is 17.1. The molecule has 1 atom stereocenters. The van der Waals surface area contributed by atoms with Gasteiger partial charge in [-0.15, -0.1) is 0 Å². The number of aryl methyl sites for hydroxylation is 1. The van der Waals surface area contributed by atoms with Crippen molar-refractivity contribution in [3.63, 3.8) is 0 Å². The monoisotopic (exact) mass is 459 g/mol. The minimum absolute atomic E-state index is 0.154. The van der Waals surface area contributed by atoms with E-state index in [1.165, 1.54) is 0 Å². The van der Waals surface area contributed by atoms with Crippen molar-refractivity contribution in [1.82, 2.24) is 5.32 Å². The van der Waals surface area contributed by atoms with Crippen molar-refractivity contribution in [3.8, 4) is 5.75 Å². The topological polar surface area (TPSA) is 55.4 Å². The molecule has 2 aromatic rings. The van der Waals surface area contributed by atoms with Crippen LogP contribution in [0.3, 0.4) is 0 Å². The van der Waals surface area contributed by atoms with E-state index in [0.717, 1.165) is 18.2 Å². The van der Waals surface area contributed by atoms with Gasteiger partial charge < -0.3 is 10.1 Å². The van der Waals surface area contributed by atoms with Gasteiger partial charge in [0.15, 0.2) is 5.75 Å². The number of hydrogen-bond acceptors (Lipinski definition) is 3. The summed E-state index contributed by atoms with van der Waals surface area (Å²) in [6, 6.07) is 5.22. The van der Waals surface area contributed by atoms with Crippen LogP contribution in [0.5, 0.6) is 5.75 Å². The molecule has 4 nitrogen and oxygen atoms in total. The molecule has 0 heterocycles. The fourth-order valence-electron chi connectivity index (χ4n) is 2.41. The van der Waals surface area contributed by atoms with Crippen LogP contribution < -0.4 is 10.1 Å². The van der Waals surface area contributed by atoms with Crippen molar-refractivity contribution in [2.75, 3.05) is 0 Å². The van der Waals surface area contributed by atoms with Crippen LogP contribution in [-0.4, -0.2) is 17.9 Å². The maximum atomic E-state index is 13.8. The predicted octanol–water partition coefficient (Wildman–Crippen LogP) is 5.05. The third kappa shape index (κ3) is 5.05. The fourth-order valence-corrected chi connectivity index (χ4v) is 3.42. The Morgan fingerprint density at radius 1 is 1.19 bits per heavy atom. The third-order valence-corrected chi connectivity index (χ3v) is 4.53. The average molecular weight is 461 g/mol. The predicted molar refractivity (Wildman–Crippen MR) is 102 cm³/mol. The molecule has 0 bridgehead atoms. The molecule has 0 unspecified atom stereocenters. The Morgan fingerprint density at radius 3 is 2.30 bits per heavy atom. The summed E-state index contributed by atoms with van der Waals surface area (Å²) in [5.41, 5.74) is -0.148. The van der Waals surface area contributed by atoms with Crippen LogP contribution >= 0.6 is 27.5 Å². The van der Waals surface area contributed by atoms with Crippen LogP contribution in [0.25, 0.3) is 0 Å². The van der Waals surface area contributed by atoms with Crippen molar-refractivity contribution < 1.29 is 23.1 Å². The molecule has 0 aliphatic heterocycles. The lowest BCUT2D eigenvalue weighted by Gasteiger charge is -2.22. The summed E-state index contributed by atoms with van der Waals surface area (Å²) >= 11 is 9.40. The van der Waals surface area contributed by atoms with Gasteiger partial charge in [0.25, 0.3) is 5.91 Å². The van der Waals surface area contributed by atoms with Crippen LogP contribution in [0, 0.1) is 24.5 Å². The van der Waals surface area contributed by atoms with E-state index in [4.69, 9.17) is 16.3 Å². The molecule has 0 aromatic heterocycles. The quantitative estimate of drug-likeness (QED) is 0.502. The second kappa shape index (κ2) is 8.80. The first kappa shape index (κ1) is 21.3. The van der Waals surface area contributed by atoms with Gasteiger partial charge >= 0.3 is 5.97 Å². The van der Waals surface area contributed by atoms with E-state index in [-0.39, 0.29) is 10.8 Å². The summed E-state index contributed by atoms with van der Waals surface area (Å²) in [4.78, 5) is 24.9. The van der Waals surface area contributed by atoms with E-state index in [2.05, 4.69) is 21.2 Å². The third-order valence-electron chi connectivity index (χ3n) is 3.79. The van der Waals surface area contributed by atoms with Gasteiger partial charge in [-0.1, -0.05) is 47.4 Å². The Balaban J connectivity index is 2.25. The average Bonchev–Trinajstić information content (AvgIpc) is 2.55. The second-order valence-corrected chi connectivity index (χ2v) is 7.57. The number of nitrogens with one attached hydrogen (secondary N) is 1. The molecule has 1 N–H and O–H groups in total. The smallest absolute Gasteiger partial charge is 0.334 e. The summed E-state index contributed by atoms with van der Waals surface area (Å²) in [7, 11) is 0. The lowest BCUT2D eigenvalue weighted by Crippen LogP contribution is -2.46. The molecule has 0 aliphatic rings. The summed E-state index contributed by atoms with van der Waals surface area (Å²) in [6.07, 6.45) is 0. The Kier molecular flexibility index (Phi) is 6.95. The number of halogens is 4. The highest BCUT2D eigenvalue weighted by molar-refractivity contribution is 9.10. The molecule has 27 heavy (non-hydrogen) atoms. The van der Waals surface area contributed by atoms with Crippen LogP contribution in [0.1, 0.15) is 29.8 Å². The molecule has 2 rings (SSSR count). The summed E-state index contributed by atoms with van der Waals surface area (Å²) in [5, 5.41) is 2.55. The van der Waals surface area contributed by atoms with Crippen molar-refractivity contribution >= 4 is 39.4 Å². The second-order valence-electron chi connectivity index (χ2n) is 6.25. The minimum atomic E-state index is -1.13. The molecule has 144 valence electrons. The maximum absolute atomic E-state index is 13.8. The highest BCUT2D eigenvalue weighted by Crippen LogP contribution is 2.32. The number of amides is 1. The van der Waals surface area contributed by atoms with Crippen molar-refractivity contribution in [3.05, 3.63) is 62.6 Å². The van der Waals surface area contributed by atoms with Gasteiger partial charge in [0.2, 0.25) is 0 Å². The molecular formula is C19H17BrClF2NO3. The van der Waals surface area contributed by atoms with Crippen molar-refractivity contribution in [2.24, 2.45) is 5.92 Å². The normalized spacial score (nSPS) is 12.0. The van der Waals surface area contributed by atoms with Crippen molar-refractivity contribution in [1.29, 1.82) is 0 Å². The lowest BCUT2D eigenvalue weighted by molar-refractivity contribution is -0.137. The largest absolute Gasteiger partial charge is 0.423 e. The number of benzene rings is 2. The van der Waals surface area contributed by atoms with Gasteiger partial charge in [-0.2, -0.15) is 0 Å². The lowest BCUT2D eigenvalue weighted by atomic mass is 10.0. The summed E-state index contributed by atoms with van der Waals surface area (Å²) in [5.74, 6) is -4.11. The van der Waals surface area contributed by atoms with E-state index in [1.54, 1.807) is 32.9 Å². The van der Waals surface area contributed by atoms with Crippen LogP contribution in [0.15, 0.2) is 34.8 Å². The van der Waals surface area contributed by atoms with Gasteiger partial charge in [0.05, 0.1) is 5.02 Å². The Hall–Kier alpha value is -1.99. The van der Waals surface area contributed by atoms with E-state index >= 15 is 0 Å². The Labute approximate surface area is 169 Å². The number of rotatable bonds is 5. The van der Waals surface area contributed by atoms with E-state index < -0.39 is 41.0 Å². The molecule has 0 saturated carbocycles. The molecule has 1 amide bonds. The number of carbonyl (C=O) groups is 2. The van der Waals surface area contributed by atoms with Gasteiger partial charge in [-0.25, -0.2) is 13.6 Å². The van der Waals surface area contributed by atoms with Crippen LogP contribution in [0.4, 0.5) is 8.78 Å². The molecule has 2 aromatic carbocycles. The van der Waals surface area contributed by atoms with Crippen LogP contribution in [-0.2, 0) is 4.79 Å². The van der Waals surface area contributed by atoms with Crippen LogP contribution in [0.2, 0.25) is 5.02 Å². The zero-order valence-electron chi connectivity index (χ0n) is 14.8.